The quantitative estimate of drug-likeness (QED) is 0.923. The van der Waals surface area contributed by atoms with Crippen LogP contribution in [-0.4, -0.2) is 39.5 Å². The van der Waals surface area contributed by atoms with Crippen LogP contribution in [0.4, 0.5) is 11.4 Å². The zero-order chi connectivity index (χ0) is 17.1. The average molecular weight is 340 g/mol. The van der Waals surface area contributed by atoms with Crippen LogP contribution >= 0.6 is 0 Å². The number of nitrogens with zero attached hydrogens (tertiary/aromatic N) is 1. The van der Waals surface area contributed by atoms with Gasteiger partial charge in [0.2, 0.25) is 0 Å². The fourth-order valence-electron chi connectivity index (χ4n) is 3.28. The molecule has 0 bridgehead atoms. The molecule has 0 amide bonds. The zero-order valence-electron chi connectivity index (χ0n) is 14.5. The lowest BCUT2D eigenvalue weighted by atomic mass is 10.1. The summed E-state index contributed by atoms with van der Waals surface area (Å²) in [6, 6.07) is 14.9. The standard InChI is InChI=1S/C20H24N2O3/c1-15(16-5-6-19-20(13-16)25-12-11-24-19)21-17-3-2-4-18(14-17)22-7-9-23-10-8-22/h2-6,13-15,21H,7-12H2,1H3/t15-/m1/s1. The molecule has 2 aromatic carbocycles. The molecule has 0 aliphatic carbocycles. The second-order valence-electron chi connectivity index (χ2n) is 6.42. The summed E-state index contributed by atoms with van der Waals surface area (Å²) < 4.78 is 16.7. The third-order valence-corrected chi connectivity index (χ3v) is 4.67. The number of hydrogen-bond acceptors (Lipinski definition) is 5. The highest BCUT2D eigenvalue weighted by Gasteiger charge is 2.15. The number of fused-ring (bicyclic) bond motifs is 1. The Kier molecular flexibility index (Phi) is 4.65. The van der Waals surface area contributed by atoms with Crippen LogP contribution < -0.4 is 19.7 Å². The predicted molar refractivity (Wildman–Crippen MR) is 98.9 cm³/mol. The highest BCUT2D eigenvalue weighted by Crippen LogP contribution is 2.33. The van der Waals surface area contributed by atoms with Gasteiger partial charge in [-0.25, -0.2) is 0 Å². The highest BCUT2D eigenvalue weighted by molar-refractivity contribution is 5.59. The molecular weight excluding hydrogens is 316 g/mol. The molecule has 4 rings (SSSR count). The number of nitrogens with one attached hydrogen (secondary N) is 1. The van der Waals surface area contributed by atoms with Gasteiger partial charge >= 0.3 is 0 Å². The Balaban J connectivity index is 1.48. The summed E-state index contributed by atoms with van der Waals surface area (Å²) in [5, 5.41) is 3.59. The van der Waals surface area contributed by atoms with Crippen molar-refractivity contribution in [1.82, 2.24) is 0 Å². The molecule has 1 saturated heterocycles. The lowest BCUT2D eigenvalue weighted by Gasteiger charge is -2.29. The topological polar surface area (TPSA) is 43.0 Å². The molecule has 2 aliphatic rings. The molecule has 2 aromatic rings. The van der Waals surface area contributed by atoms with Crippen LogP contribution in [0.15, 0.2) is 42.5 Å². The molecule has 0 saturated carbocycles. The van der Waals surface area contributed by atoms with Crippen LogP contribution in [0.2, 0.25) is 0 Å². The van der Waals surface area contributed by atoms with Crippen LogP contribution in [0.25, 0.3) is 0 Å². The maximum absolute atomic E-state index is 5.69. The van der Waals surface area contributed by atoms with Gasteiger partial charge in [0.05, 0.1) is 13.2 Å². The Morgan fingerprint density at radius 1 is 0.920 bits per heavy atom. The van der Waals surface area contributed by atoms with Crippen LogP contribution in [-0.2, 0) is 4.74 Å². The van der Waals surface area contributed by atoms with Crippen molar-refractivity contribution in [3.63, 3.8) is 0 Å². The normalized spacial score (nSPS) is 17.9. The van der Waals surface area contributed by atoms with E-state index in [9.17, 15) is 0 Å². The molecular formula is C20H24N2O3. The number of morpholine rings is 1. The Morgan fingerprint density at radius 2 is 1.72 bits per heavy atom. The molecule has 0 radical (unpaired) electrons. The smallest absolute Gasteiger partial charge is 0.161 e. The van der Waals surface area contributed by atoms with Crippen LogP contribution in [0.5, 0.6) is 11.5 Å². The van der Waals surface area contributed by atoms with E-state index >= 15 is 0 Å². The van der Waals surface area contributed by atoms with E-state index in [0.717, 1.165) is 43.5 Å². The van der Waals surface area contributed by atoms with Crippen molar-refractivity contribution in [1.29, 1.82) is 0 Å². The van der Waals surface area contributed by atoms with Crippen molar-refractivity contribution in [3.05, 3.63) is 48.0 Å². The van der Waals surface area contributed by atoms with Crippen LogP contribution in [0.3, 0.4) is 0 Å². The van der Waals surface area contributed by atoms with Gasteiger partial charge in [0.1, 0.15) is 13.2 Å². The Bertz CT molecular complexity index is 729. The van der Waals surface area contributed by atoms with Gasteiger partial charge in [-0.2, -0.15) is 0 Å². The number of rotatable bonds is 4. The molecule has 5 nitrogen and oxygen atoms in total. The number of anilines is 2. The average Bonchev–Trinajstić information content (AvgIpc) is 2.68. The van der Waals surface area contributed by atoms with Crippen molar-refractivity contribution in [2.24, 2.45) is 0 Å². The zero-order valence-corrected chi connectivity index (χ0v) is 14.5. The first-order valence-electron chi connectivity index (χ1n) is 8.88. The van der Waals surface area contributed by atoms with Crippen molar-refractivity contribution < 1.29 is 14.2 Å². The fraction of sp³-hybridized carbons (Fsp3) is 0.400. The number of benzene rings is 2. The molecule has 0 unspecified atom stereocenters. The van der Waals surface area contributed by atoms with E-state index in [2.05, 4.69) is 53.5 Å². The summed E-state index contributed by atoms with van der Waals surface area (Å²) in [4.78, 5) is 2.36. The summed E-state index contributed by atoms with van der Waals surface area (Å²) in [5.41, 5.74) is 3.54. The van der Waals surface area contributed by atoms with E-state index in [4.69, 9.17) is 14.2 Å². The number of ether oxygens (including phenoxy) is 3. The van der Waals surface area contributed by atoms with E-state index < -0.39 is 0 Å². The molecule has 0 spiro atoms. The van der Waals surface area contributed by atoms with Gasteiger partial charge in [0.25, 0.3) is 0 Å². The van der Waals surface area contributed by atoms with E-state index in [1.54, 1.807) is 0 Å². The summed E-state index contributed by atoms with van der Waals surface area (Å²) in [5.74, 6) is 1.66. The monoisotopic (exact) mass is 340 g/mol. The second-order valence-corrected chi connectivity index (χ2v) is 6.42. The molecule has 1 atom stereocenters. The summed E-state index contributed by atoms with van der Waals surface area (Å²) in [6.07, 6.45) is 0. The van der Waals surface area contributed by atoms with Gasteiger partial charge in [0, 0.05) is 30.5 Å². The van der Waals surface area contributed by atoms with E-state index in [1.807, 2.05) is 6.07 Å². The van der Waals surface area contributed by atoms with Crippen LogP contribution in [0, 0.1) is 0 Å². The van der Waals surface area contributed by atoms with Gasteiger partial charge in [-0.05, 0) is 42.8 Å². The second kappa shape index (κ2) is 7.23. The van der Waals surface area contributed by atoms with E-state index in [1.165, 1.54) is 11.3 Å². The van der Waals surface area contributed by atoms with E-state index in [0.29, 0.717) is 13.2 Å². The first kappa shape index (κ1) is 16.1. The van der Waals surface area contributed by atoms with Gasteiger partial charge in [0.15, 0.2) is 11.5 Å². The fourth-order valence-corrected chi connectivity index (χ4v) is 3.28. The molecule has 1 N–H and O–H groups in total. The van der Waals surface area contributed by atoms with E-state index in [-0.39, 0.29) is 6.04 Å². The largest absolute Gasteiger partial charge is 0.486 e. The highest BCUT2D eigenvalue weighted by atomic mass is 16.6. The molecule has 2 aliphatic heterocycles. The van der Waals surface area contributed by atoms with Crippen molar-refractivity contribution in [3.8, 4) is 11.5 Å². The van der Waals surface area contributed by atoms with Crippen LogP contribution in [0.1, 0.15) is 18.5 Å². The minimum atomic E-state index is 0.177. The van der Waals surface area contributed by atoms with Gasteiger partial charge in [-0.15, -0.1) is 0 Å². The first-order valence-corrected chi connectivity index (χ1v) is 8.88. The molecule has 5 heteroatoms. The van der Waals surface area contributed by atoms with Gasteiger partial charge < -0.3 is 24.4 Å². The first-order chi connectivity index (χ1) is 12.3. The maximum atomic E-state index is 5.69. The van der Waals surface area contributed by atoms with Crippen molar-refractivity contribution in [2.45, 2.75) is 13.0 Å². The third kappa shape index (κ3) is 3.66. The molecule has 1 fully saturated rings. The van der Waals surface area contributed by atoms with Crippen molar-refractivity contribution in [2.75, 3.05) is 49.7 Å². The Hall–Kier alpha value is -2.40. The predicted octanol–water partition coefficient (Wildman–Crippen LogP) is 3.47. The summed E-state index contributed by atoms with van der Waals surface area (Å²) in [7, 11) is 0. The maximum Gasteiger partial charge on any atom is 0.161 e. The van der Waals surface area contributed by atoms with Gasteiger partial charge in [-0.3, -0.25) is 0 Å². The lowest BCUT2D eigenvalue weighted by Crippen LogP contribution is -2.36. The molecule has 132 valence electrons. The van der Waals surface area contributed by atoms with Gasteiger partial charge in [-0.1, -0.05) is 12.1 Å². The molecule has 0 aromatic heterocycles. The van der Waals surface area contributed by atoms with Crippen molar-refractivity contribution >= 4 is 11.4 Å². The molecule has 25 heavy (non-hydrogen) atoms. The SMILES string of the molecule is C[C@@H](Nc1cccc(N2CCOCC2)c1)c1ccc2c(c1)OCCO2. The molecule has 2 heterocycles. The summed E-state index contributed by atoms with van der Waals surface area (Å²) >= 11 is 0. The minimum Gasteiger partial charge on any atom is -0.486 e. The minimum absolute atomic E-state index is 0.177. The summed E-state index contributed by atoms with van der Waals surface area (Å²) in [6.45, 7) is 6.88. The lowest BCUT2D eigenvalue weighted by molar-refractivity contribution is 0.122. The third-order valence-electron chi connectivity index (χ3n) is 4.67. The Labute approximate surface area is 148 Å². The Morgan fingerprint density at radius 3 is 2.56 bits per heavy atom. The number of hydrogen-bond donors (Lipinski definition) is 1.